The number of fused-ring (bicyclic) bond motifs is 1. The minimum absolute atomic E-state index is 0.898. The van der Waals surface area contributed by atoms with Gasteiger partial charge in [0, 0.05) is 31.0 Å². The Bertz CT molecular complexity index is 410. The molecule has 0 atom stereocenters. The maximum absolute atomic E-state index is 5.87. The molecule has 0 aliphatic carbocycles. The van der Waals surface area contributed by atoms with Crippen molar-refractivity contribution in [2.75, 3.05) is 43.4 Å². The SMILES string of the molecule is Nc1ccc2c(c1)CCCN2CCN1CCCC1. The van der Waals surface area contributed by atoms with Crippen LogP contribution in [0.25, 0.3) is 0 Å². The van der Waals surface area contributed by atoms with E-state index in [0.29, 0.717) is 0 Å². The van der Waals surface area contributed by atoms with Gasteiger partial charge in [0.15, 0.2) is 0 Å². The fourth-order valence-electron chi connectivity index (χ4n) is 3.20. The number of aryl methyl sites for hydroxylation is 1. The maximum atomic E-state index is 5.87. The standard InChI is InChI=1S/C15H23N3/c16-14-5-6-15-13(12-14)4-3-9-18(15)11-10-17-7-1-2-8-17/h5-6,12H,1-4,7-11,16H2. The lowest BCUT2D eigenvalue weighted by molar-refractivity contribution is 0.343. The monoisotopic (exact) mass is 245 g/mol. The Morgan fingerprint density at radius 2 is 1.83 bits per heavy atom. The highest BCUT2D eigenvalue weighted by Crippen LogP contribution is 2.28. The number of hydrogen-bond donors (Lipinski definition) is 1. The summed E-state index contributed by atoms with van der Waals surface area (Å²) in [6.45, 7) is 6.16. The predicted octanol–water partition coefficient (Wildman–Crippen LogP) is 2.12. The zero-order valence-corrected chi connectivity index (χ0v) is 11.1. The first-order valence-electron chi connectivity index (χ1n) is 7.19. The summed E-state index contributed by atoms with van der Waals surface area (Å²) in [5, 5.41) is 0. The number of nitrogens with zero attached hydrogens (tertiary/aromatic N) is 2. The normalized spacial score (nSPS) is 20.1. The summed E-state index contributed by atoms with van der Waals surface area (Å²) in [5.74, 6) is 0. The largest absolute Gasteiger partial charge is 0.399 e. The fourth-order valence-corrected chi connectivity index (χ4v) is 3.20. The summed E-state index contributed by atoms with van der Waals surface area (Å²) < 4.78 is 0. The van der Waals surface area contributed by atoms with Crippen molar-refractivity contribution in [3.05, 3.63) is 23.8 Å². The van der Waals surface area contributed by atoms with Crippen LogP contribution >= 0.6 is 0 Å². The van der Waals surface area contributed by atoms with Gasteiger partial charge in [-0.1, -0.05) is 0 Å². The zero-order valence-electron chi connectivity index (χ0n) is 11.1. The molecule has 1 fully saturated rings. The number of nitrogens with two attached hydrogens (primary N) is 1. The molecule has 2 heterocycles. The van der Waals surface area contributed by atoms with Crippen LogP contribution < -0.4 is 10.6 Å². The second-order valence-electron chi connectivity index (χ2n) is 5.53. The first-order chi connectivity index (χ1) is 8.83. The first-order valence-corrected chi connectivity index (χ1v) is 7.19. The second-order valence-corrected chi connectivity index (χ2v) is 5.53. The van der Waals surface area contributed by atoms with E-state index in [9.17, 15) is 0 Å². The van der Waals surface area contributed by atoms with E-state index in [1.165, 1.54) is 63.1 Å². The molecule has 0 aromatic heterocycles. The molecule has 1 aromatic rings. The molecule has 0 unspecified atom stereocenters. The summed E-state index contributed by atoms with van der Waals surface area (Å²) in [4.78, 5) is 5.13. The number of anilines is 2. The smallest absolute Gasteiger partial charge is 0.0400 e. The molecular formula is C15H23N3. The lowest BCUT2D eigenvalue weighted by atomic mass is 10.0. The number of rotatable bonds is 3. The molecule has 3 rings (SSSR count). The first kappa shape index (κ1) is 11.8. The van der Waals surface area contributed by atoms with Gasteiger partial charge in [-0.05, 0) is 62.5 Å². The molecule has 18 heavy (non-hydrogen) atoms. The van der Waals surface area contributed by atoms with E-state index in [0.717, 1.165) is 12.2 Å². The van der Waals surface area contributed by atoms with Gasteiger partial charge in [-0.15, -0.1) is 0 Å². The molecule has 3 heteroatoms. The Hall–Kier alpha value is -1.22. The van der Waals surface area contributed by atoms with Gasteiger partial charge in [0.2, 0.25) is 0 Å². The van der Waals surface area contributed by atoms with Crippen molar-refractivity contribution in [3.8, 4) is 0 Å². The van der Waals surface area contributed by atoms with Gasteiger partial charge in [-0.2, -0.15) is 0 Å². The molecule has 1 aromatic carbocycles. The predicted molar refractivity (Wildman–Crippen MR) is 77.1 cm³/mol. The highest BCUT2D eigenvalue weighted by Gasteiger charge is 2.18. The molecule has 1 saturated heterocycles. The lowest BCUT2D eigenvalue weighted by Crippen LogP contribution is -2.36. The van der Waals surface area contributed by atoms with E-state index >= 15 is 0 Å². The lowest BCUT2D eigenvalue weighted by Gasteiger charge is -2.32. The highest BCUT2D eigenvalue weighted by atomic mass is 15.2. The van der Waals surface area contributed by atoms with Crippen LogP contribution in [0.1, 0.15) is 24.8 Å². The molecule has 0 radical (unpaired) electrons. The van der Waals surface area contributed by atoms with Gasteiger partial charge in [-0.3, -0.25) is 0 Å². The van der Waals surface area contributed by atoms with Crippen molar-refractivity contribution in [3.63, 3.8) is 0 Å². The van der Waals surface area contributed by atoms with E-state index in [-0.39, 0.29) is 0 Å². The van der Waals surface area contributed by atoms with Crippen LogP contribution in [-0.4, -0.2) is 37.6 Å². The molecule has 3 nitrogen and oxygen atoms in total. The van der Waals surface area contributed by atoms with Crippen molar-refractivity contribution >= 4 is 11.4 Å². The van der Waals surface area contributed by atoms with E-state index < -0.39 is 0 Å². The van der Waals surface area contributed by atoms with E-state index in [1.54, 1.807) is 0 Å². The summed E-state index contributed by atoms with van der Waals surface area (Å²) in [5.41, 5.74) is 9.62. The van der Waals surface area contributed by atoms with E-state index in [4.69, 9.17) is 5.73 Å². The molecule has 2 N–H and O–H groups in total. The van der Waals surface area contributed by atoms with Crippen LogP contribution in [0.3, 0.4) is 0 Å². The van der Waals surface area contributed by atoms with Gasteiger partial charge < -0.3 is 15.5 Å². The fraction of sp³-hybridized carbons (Fsp3) is 0.600. The Kier molecular flexibility index (Phi) is 3.41. The average molecular weight is 245 g/mol. The van der Waals surface area contributed by atoms with Gasteiger partial charge in [0.25, 0.3) is 0 Å². The van der Waals surface area contributed by atoms with Crippen molar-refractivity contribution in [1.82, 2.24) is 4.90 Å². The summed E-state index contributed by atoms with van der Waals surface area (Å²) >= 11 is 0. The minimum atomic E-state index is 0.898. The number of nitrogen functional groups attached to an aromatic ring is 1. The minimum Gasteiger partial charge on any atom is -0.399 e. The Balaban J connectivity index is 1.67. The van der Waals surface area contributed by atoms with Crippen molar-refractivity contribution < 1.29 is 0 Å². The maximum Gasteiger partial charge on any atom is 0.0400 e. The van der Waals surface area contributed by atoms with Crippen LogP contribution in [0, 0.1) is 0 Å². The third kappa shape index (κ3) is 2.46. The summed E-state index contributed by atoms with van der Waals surface area (Å²) in [6, 6.07) is 6.39. The molecule has 0 bridgehead atoms. The molecule has 2 aliphatic rings. The highest BCUT2D eigenvalue weighted by molar-refractivity contribution is 5.61. The van der Waals surface area contributed by atoms with Gasteiger partial charge >= 0.3 is 0 Å². The van der Waals surface area contributed by atoms with Crippen LogP contribution in [0.5, 0.6) is 0 Å². The van der Waals surface area contributed by atoms with Crippen molar-refractivity contribution in [2.45, 2.75) is 25.7 Å². The molecule has 2 aliphatic heterocycles. The molecule has 0 saturated carbocycles. The van der Waals surface area contributed by atoms with E-state index in [2.05, 4.69) is 21.9 Å². The molecular weight excluding hydrogens is 222 g/mol. The third-order valence-electron chi connectivity index (χ3n) is 4.20. The molecule has 0 spiro atoms. The van der Waals surface area contributed by atoms with Gasteiger partial charge in [-0.25, -0.2) is 0 Å². The van der Waals surface area contributed by atoms with Crippen LogP contribution in [0.4, 0.5) is 11.4 Å². The Morgan fingerprint density at radius 1 is 1.00 bits per heavy atom. The summed E-state index contributed by atoms with van der Waals surface area (Å²) in [7, 11) is 0. The number of hydrogen-bond acceptors (Lipinski definition) is 3. The zero-order chi connectivity index (χ0) is 12.4. The summed E-state index contributed by atoms with van der Waals surface area (Å²) in [6.07, 6.45) is 5.21. The topological polar surface area (TPSA) is 32.5 Å². The van der Waals surface area contributed by atoms with Crippen LogP contribution in [-0.2, 0) is 6.42 Å². The molecule has 0 amide bonds. The Morgan fingerprint density at radius 3 is 2.67 bits per heavy atom. The van der Waals surface area contributed by atoms with Crippen molar-refractivity contribution in [2.24, 2.45) is 0 Å². The number of likely N-dealkylation sites (tertiary alicyclic amines) is 1. The van der Waals surface area contributed by atoms with Gasteiger partial charge in [0.05, 0.1) is 0 Å². The number of benzene rings is 1. The van der Waals surface area contributed by atoms with Gasteiger partial charge in [0.1, 0.15) is 0 Å². The quantitative estimate of drug-likeness (QED) is 0.828. The van der Waals surface area contributed by atoms with Crippen LogP contribution in [0.15, 0.2) is 18.2 Å². The molecule has 98 valence electrons. The second kappa shape index (κ2) is 5.19. The third-order valence-corrected chi connectivity index (χ3v) is 4.20. The van der Waals surface area contributed by atoms with Crippen LogP contribution in [0.2, 0.25) is 0 Å². The van der Waals surface area contributed by atoms with Crippen molar-refractivity contribution in [1.29, 1.82) is 0 Å². The average Bonchev–Trinajstić information content (AvgIpc) is 2.89. The Labute approximate surface area is 110 Å². The van der Waals surface area contributed by atoms with E-state index in [1.807, 2.05) is 6.07 Å².